The molecule has 1 N–H and O–H groups in total. The van der Waals surface area contributed by atoms with Gasteiger partial charge in [0.05, 0.1) is 0 Å². The van der Waals surface area contributed by atoms with Crippen molar-refractivity contribution in [3.63, 3.8) is 0 Å². The van der Waals surface area contributed by atoms with Crippen LogP contribution in [0.15, 0.2) is 24.8 Å². The number of hydrogen-bond acceptors (Lipinski definition) is 2. The summed E-state index contributed by atoms with van der Waals surface area (Å²) in [5.74, 6) is 2.71. The lowest BCUT2D eigenvalue weighted by Crippen LogP contribution is -2.42. The maximum atomic E-state index is 12.4. The van der Waals surface area contributed by atoms with Gasteiger partial charge in [0.15, 0.2) is 0 Å². The number of fused-ring (bicyclic) bond motifs is 5. The number of benzene rings is 1. The third kappa shape index (κ3) is 2.03. The SMILES string of the molecule is C=CCc1c(O)ccc2c1CC[C@@H]1[C@@H]2CC[C@]2(C)C(=O)CC[C@@H]12. The molecule has 2 fully saturated rings. The molecule has 4 atom stereocenters. The highest BCUT2D eigenvalue weighted by molar-refractivity contribution is 5.87. The lowest BCUT2D eigenvalue weighted by Gasteiger charge is -2.48. The molecule has 0 heterocycles. The van der Waals surface area contributed by atoms with E-state index in [1.807, 2.05) is 12.1 Å². The van der Waals surface area contributed by atoms with Crippen LogP contribution in [-0.2, 0) is 17.6 Å². The molecule has 3 aliphatic rings. The molecule has 0 aliphatic heterocycles. The Morgan fingerprint density at radius 1 is 1.30 bits per heavy atom. The number of allylic oxidation sites excluding steroid dienone is 1. The molecule has 1 aromatic rings. The zero-order valence-electron chi connectivity index (χ0n) is 14.0. The summed E-state index contributed by atoms with van der Waals surface area (Å²) in [6.45, 7) is 6.06. The van der Waals surface area contributed by atoms with E-state index in [0.29, 0.717) is 29.3 Å². The minimum atomic E-state index is -0.0560. The first-order valence-corrected chi connectivity index (χ1v) is 9.04. The second-order valence-corrected chi connectivity index (χ2v) is 7.96. The smallest absolute Gasteiger partial charge is 0.139 e. The van der Waals surface area contributed by atoms with Gasteiger partial charge in [0.25, 0.3) is 0 Å². The second kappa shape index (κ2) is 5.22. The van der Waals surface area contributed by atoms with Gasteiger partial charge in [-0.25, -0.2) is 0 Å². The average molecular weight is 310 g/mol. The van der Waals surface area contributed by atoms with Gasteiger partial charge in [-0.3, -0.25) is 4.79 Å². The third-order valence-corrected chi connectivity index (χ3v) is 7.06. The largest absolute Gasteiger partial charge is 0.508 e. The van der Waals surface area contributed by atoms with Gasteiger partial charge in [0.2, 0.25) is 0 Å². The molecule has 0 radical (unpaired) electrons. The molecule has 3 aliphatic carbocycles. The number of aromatic hydroxyl groups is 1. The zero-order chi connectivity index (χ0) is 16.2. The fraction of sp³-hybridized carbons (Fsp3) is 0.571. The van der Waals surface area contributed by atoms with Crippen LogP contribution < -0.4 is 0 Å². The molecule has 0 spiro atoms. The highest BCUT2D eigenvalue weighted by Crippen LogP contribution is 2.59. The highest BCUT2D eigenvalue weighted by Gasteiger charge is 2.54. The number of phenolic OH excluding ortho intramolecular Hbond substituents is 1. The number of rotatable bonds is 2. The van der Waals surface area contributed by atoms with Crippen LogP contribution in [0.5, 0.6) is 5.75 Å². The molecule has 0 amide bonds. The number of phenols is 1. The van der Waals surface area contributed by atoms with Crippen molar-refractivity contribution in [2.45, 2.75) is 57.8 Å². The van der Waals surface area contributed by atoms with Crippen molar-refractivity contribution in [1.29, 1.82) is 0 Å². The lowest BCUT2D eigenvalue weighted by molar-refractivity contribution is -0.129. The van der Waals surface area contributed by atoms with E-state index in [1.165, 1.54) is 17.5 Å². The van der Waals surface area contributed by atoms with Gasteiger partial charge in [-0.2, -0.15) is 0 Å². The van der Waals surface area contributed by atoms with Crippen molar-refractivity contribution in [2.75, 3.05) is 0 Å². The number of carbonyl (C=O) groups excluding carboxylic acids is 1. The van der Waals surface area contributed by atoms with Crippen LogP contribution in [-0.4, -0.2) is 10.9 Å². The van der Waals surface area contributed by atoms with Gasteiger partial charge in [-0.15, -0.1) is 6.58 Å². The van der Waals surface area contributed by atoms with Crippen molar-refractivity contribution < 1.29 is 9.90 Å². The normalized spacial score (nSPS) is 35.3. The average Bonchev–Trinajstić information content (AvgIpc) is 2.85. The Hall–Kier alpha value is -1.57. The van der Waals surface area contributed by atoms with Crippen molar-refractivity contribution in [3.05, 3.63) is 41.5 Å². The Bertz CT molecular complexity index is 675. The maximum absolute atomic E-state index is 12.4. The molecule has 2 nitrogen and oxygen atoms in total. The molecule has 0 aromatic heterocycles. The first-order chi connectivity index (χ1) is 11.1. The zero-order valence-corrected chi connectivity index (χ0v) is 14.0. The summed E-state index contributed by atoms with van der Waals surface area (Å²) in [5.41, 5.74) is 3.82. The van der Waals surface area contributed by atoms with E-state index >= 15 is 0 Å². The number of hydrogen-bond donors (Lipinski definition) is 1. The molecule has 4 rings (SSSR count). The molecule has 122 valence electrons. The van der Waals surface area contributed by atoms with Crippen LogP contribution in [0.4, 0.5) is 0 Å². The Morgan fingerprint density at radius 3 is 2.91 bits per heavy atom. The third-order valence-electron chi connectivity index (χ3n) is 7.06. The first kappa shape index (κ1) is 15.0. The first-order valence-electron chi connectivity index (χ1n) is 9.04. The summed E-state index contributed by atoms with van der Waals surface area (Å²) < 4.78 is 0. The van der Waals surface area contributed by atoms with E-state index in [2.05, 4.69) is 19.6 Å². The van der Waals surface area contributed by atoms with Crippen LogP contribution in [0, 0.1) is 17.3 Å². The minimum Gasteiger partial charge on any atom is -0.508 e. The van der Waals surface area contributed by atoms with E-state index in [9.17, 15) is 9.90 Å². The number of carbonyl (C=O) groups is 1. The van der Waals surface area contributed by atoms with Gasteiger partial charge in [0.1, 0.15) is 11.5 Å². The quantitative estimate of drug-likeness (QED) is 0.814. The van der Waals surface area contributed by atoms with Crippen LogP contribution in [0.25, 0.3) is 0 Å². The second-order valence-electron chi connectivity index (χ2n) is 7.96. The van der Waals surface area contributed by atoms with Crippen molar-refractivity contribution in [1.82, 2.24) is 0 Å². The molecule has 0 saturated heterocycles. The molecule has 23 heavy (non-hydrogen) atoms. The van der Waals surface area contributed by atoms with Gasteiger partial charge in [0, 0.05) is 17.4 Å². The molecule has 2 heteroatoms. The maximum Gasteiger partial charge on any atom is 0.139 e. The van der Waals surface area contributed by atoms with Crippen molar-refractivity contribution in [3.8, 4) is 5.75 Å². The van der Waals surface area contributed by atoms with Crippen LogP contribution in [0.1, 0.15) is 61.6 Å². The minimum absolute atomic E-state index is 0.0560. The molecule has 1 aromatic carbocycles. The lowest BCUT2D eigenvalue weighted by atomic mass is 9.55. The predicted molar refractivity (Wildman–Crippen MR) is 91.6 cm³/mol. The summed E-state index contributed by atoms with van der Waals surface area (Å²) in [6.07, 6.45) is 8.86. The van der Waals surface area contributed by atoms with E-state index in [1.54, 1.807) is 0 Å². The van der Waals surface area contributed by atoms with E-state index in [4.69, 9.17) is 0 Å². The van der Waals surface area contributed by atoms with E-state index < -0.39 is 0 Å². The summed E-state index contributed by atoms with van der Waals surface area (Å²) in [4.78, 5) is 12.4. The van der Waals surface area contributed by atoms with E-state index in [-0.39, 0.29) is 5.41 Å². The number of Topliss-reactive ketones (excluding diaryl/α,β-unsaturated/α-hetero) is 1. The molecular weight excluding hydrogens is 284 g/mol. The van der Waals surface area contributed by atoms with Crippen LogP contribution in [0.2, 0.25) is 0 Å². The molecule has 0 bridgehead atoms. The van der Waals surface area contributed by atoms with Crippen molar-refractivity contribution >= 4 is 5.78 Å². The predicted octanol–water partition coefficient (Wildman–Crippen LogP) is 4.55. The highest BCUT2D eigenvalue weighted by atomic mass is 16.3. The van der Waals surface area contributed by atoms with Crippen LogP contribution in [0.3, 0.4) is 0 Å². The fourth-order valence-corrected chi connectivity index (χ4v) is 5.87. The summed E-state index contributed by atoms with van der Waals surface area (Å²) in [6, 6.07) is 4.02. The molecule has 0 unspecified atom stereocenters. The summed E-state index contributed by atoms with van der Waals surface area (Å²) in [7, 11) is 0. The van der Waals surface area contributed by atoms with Gasteiger partial charge in [-0.05, 0) is 73.5 Å². The fourth-order valence-electron chi connectivity index (χ4n) is 5.87. The Kier molecular flexibility index (Phi) is 3.40. The number of ketones is 1. The monoisotopic (exact) mass is 310 g/mol. The van der Waals surface area contributed by atoms with Crippen molar-refractivity contribution in [2.24, 2.45) is 17.3 Å². The molecule has 2 saturated carbocycles. The Balaban J connectivity index is 1.74. The van der Waals surface area contributed by atoms with Crippen LogP contribution >= 0.6 is 0 Å². The Morgan fingerprint density at radius 2 is 2.13 bits per heavy atom. The standard InChI is InChI=1S/C21H26O2/c1-3-4-17-14-5-6-16-15(13(14)7-9-19(17)22)11-12-21(2)18(16)8-10-20(21)23/h3,7,9,15-16,18,22H,1,4-6,8,10-12H2,2H3/t15-,16-,18+,21+/m1/s1. The Labute approximate surface area is 138 Å². The van der Waals surface area contributed by atoms with Gasteiger partial charge >= 0.3 is 0 Å². The van der Waals surface area contributed by atoms with Gasteiger partial charge in [-0.1, -0.05) is 19.1 Å². The summed E-state index contributed by atoms with van der Waals surface area (Å²) in [5, 5.41) is 10.2. The summed E-state index contributed by atoms with van der Waals surface area (Å²) >= 11 is 0. The molecular formula is C21H26O2. The topological polar surface area (TPSA) is 37.3 Å². The van der Waals surface area contributed by atoms with E-state index in [0.717, 1.165) is 44.1 Å². The van der Waals surface area contributed by atoms with Gasteiger partial charge < -0.3 is 5.11 Å².